The molecule has 82 valence electrons. The van der Waals surface area contributed by atoms with Gasteiger partial charge < -0.3 is 12.9 Å². The second-order valence-electron chi connectivity index (χ2n) is 2.80. The minimum absolute atomic E-state index is 0.0824. The van der Waals surface area contributed by atoms with Crippen LogP contribution in [0.15, 0.2) is 24.3 Å². The van der Waals surface area contributed by atoms with E-state index in [9.17, 15) is 21.7 Å². The number of pyridine rings is 1. The lowest BCUT2D eigenvalue weighted by atomic mass is 9.91. The lowest BCUT2D eigenvalue weighted by molar-refractivity contribution is 0.146. The summed E-state index contributed by atoms with van der Waals surface area (Å²) in [7, 11) is 0. The fourth-order valence-electron chi connectivity index (χ4n) is 0.865. The van der Waals surface area contributed by atoms with Crippen LogP contribution in [-0.2, 0) is 0 Å². The molecule has 0 saturated carbocycles. The highest BCUT2D eigenvalue weighted by Crippen LogP contribution is 2.17. The van der Waals surface area contributed by atoms with Crippen molar-refractivity contribution in [3.05, 3.63) is 35.6 Å². The molecule has 0 fully saturated rings. The van der Waals surface area contributed by atoms with E-state index in [2.05, 4.69) is 4.98 Å². The molecule has 0 amide bonds. The van der Waals surface area contributed by atoms with Gasteiger partial charge in [-0.1, -0.05) is 12.1 Å². The topological polar surface area (TPSA) is 12.9 Å². The van der Waals surface area contributed by atoms with Gasteiger partial charge in [-0.15, -0.1) is 5.98 Å². The molecule has 0 atom stereocenters. The van der Waals surface area contributed by atoms with E-state index in [1.54, 1.807) is 0 Å². The van der Waals surface area contributed by atoms with Crippen molar-refractivity contribution in [2.45, 2.75) is 6.43 Å². The van der Waals surface area contributed by atoms with E-state index >= 15 is 0 Å². The predicted octanol–water partition coefficient (Wildman–Crippen LogP) is 3.42. The average molecular weight is 222 g/mol. The zero-order valence-corrected chi connectivity index (χ0v) is 7.38. The number of rotatable bonds is 3. The average Bonchev–Trinajstić information content (AvgIpc) is 2.14. The lowest BCUT2D eigenvalue weighted by Gasteiger charge is -2.06. The Labute approximate surface area is 82.7 Å². The third kappa shape index (κ3) is 4.10. The summed E-state index contributed by atoms with van der Waals surface area (Å²) in [4.78, 5) is 3.32. The van der Waals surface area contributed by atoms with Crippen LogP contribution in [0.25, 0.3) is 6.08 Å². The maximum Gasteiger partial charge on any atom is 0.502 e. The summed E-state index contributed by atoms with van der Waals surface area (Å²) in [5, 5.41) is 0. The molecule has 1 nitrogen and oxygen atoms in total. The van der Waals surface area contributed by atoms with E-state index in [0.717, 1.165) is 24.4 Å². The maximum atomic E-state index is 12.0. The van der Waals surface area contributed by atoms with Crippen molar-refractivity contribution in [2.75, 3.05) is 0 Å². The first kappa shape index (κ1) is 11.7. The van der Waals surface area contributed by atoms with Crippen molar-refractivity contribution in [1.29, 1.82) is 0 Å². The van der Waals surface area contributed by atoms with E-state index in [1.165, 1.54) is 0 Å². The zero-order chi connectivity index (χ0) is 11.5. The fraction of sp³-hybridized carbons (Fsp3) is 0.125. The number of alkyl halides is 2. The molecule has 0 unspecified atom stereocenters. The smallest absolute Gasteiger partial charge is 0.445 e. The third-order valence-electron chi connectivity index (χ3n) is 1.54. The summed E-state index contributed by atoms with van der Waals surface area (Å²) < 4.78 is 59.4. The van der Waals surface area contributed by atoms with Gasteiger partial charge in [-0.05, 0) is 11.6 Å². The maximum absolute atomic E-state index is 12.0. The zero-order valence-electron chi connectivity index (χ0n) is 7.38. The summed E-state index contributed by atoms with van der Waals surface area (Å²) in [5.41, 5.74) is -0.316. The van der Waals surface area contributed by atoms with Gasteiger partial charge in [-0.2, -0.15) is 0 Å². The molecule has 0 bridgehead atoms. The molecule has 0 aliphatic carbocycles. The Morgan fingerprint density at radius 3 is 2.27 bits per heavy atom. The van der Waals surface area contributed by atoms with Crippen LogP contribution in [0.4, 0.5) is 21.7 Å². The minimum Gasteiger partial charge on any atom is -0.445 e. The third-order valence-corrected chi connectivity index (χ3v) is 1.54. The van der Waals surface area contributed by atoms with Crippen molar-refractivity contribution in [3.8, 4) is 0 Å². The van der Waals surface area contributed by atoms with Gasteiger partial charge in [0.25, 0.3) is 6.43 Å². The highest BCUT2D eigenvalue weighted by molar-refractivity contribution is 6.64. The van der Waals surface area contributed by atoms with E-state index in [0.29, 0.717) is 0 Å². The van der Waals surface area contributed by atoms with E-state index in [4.69, 9.17) is 0 Å². The second-order valence-corrected chi connectivity index (χ2v) is 2.80. The van der Waals surface area contributed by atoms with Crippen LogP contribution in [0.1, 0.15) is 17.7 Å². The van der Waals surface area contributed by atoms with E-state index in [-0.39, 0.29) is 11.5 Å². The van der Waals surface area contributed by atoms with Gasteiger partial charge in [-0.25, -0.2) is 8.78 Å². The van der Waals surface area contributed by atoms with Gasteiger partial charge in [0, 0.05) is 6.20 Å². The molecule has 1 aromatic heterocycles. The number of hydrogen-bond donors (Lipinski definition) is 0. The quantitative estimate of drug-likeness (QED) is 0.563. The first-order valence-corrected chi connectivity index (χ1v) is 4.02. The predicted molar refractivity (Wildman–Crippen MR) is 47.3 cm³/mol. The summed E-state index contributed by atoms with van der Waals surface area (Å²) in [6.07, 6.45) is -0.947. The first-order chi connectivity index (χ1) is 6.88. The Morgan fingerprint density at radius 2 is 1.87 bits per heavy atom. The van der Waals surface area contributed by atoms with Gasteiger partial charge in [0.1, 0.15) is 5.69 Å². The molecule has 0 aliphatic heterocycles. The summed E-state index contributed by atoms with van der Waals surface area (Å²) in [5.74, 6) is 0.0824. The van der Waals surface area contributed by atoms with Crippen LogP contribution >= 0.6 is 0 Å². The molecule has 0 N–H and O–H groups in total. The van der Waals surface area contributed by atoms with E-state index < -0.39 is 19.1 Å². The van der Waals surface area contributed by atoms with Crippen molar-refractivity contribution in [1.82, 2.24) is 4.98 Å². The van der Waals surface area contributed by atoms with Gasteiger partial charge in [0.2, 0.25) is 0 Å². The molecule has 1 rings (SSSR count). The Kier molecular flexibility index (Phi) is 3.44. The number of halogens is 5. The van der Waals surface area contributed by atoms with Crippen LogP contribution in [0.2, 0.25) is 0 Å². The molecule has 0 aromatic carbocycles. The molecule has 1 aromatic rings. The molecular weight excluding hydrogens is 216 g/mol. The molecule has 1 heterocycles. The Hall–Kier alpha value is -1.40. The van der Waals surface area contributed by atoms with Crippen molar-refractivity contribution >= 4 is 13.1 Å². The number of aromatic nitrogens is 1. The van der Waals surface area contributed by atoms with Gasteiger partial charge in [-0.3, -0.25) is 4.98 Å². The van der Waals surface area contributed by atoms with E-state index in [1.807, 2.05) is 0 Å². The molecule has 0 saturated heterocycles. The minimum atomic E-state index is -5.01. The van der Waals surface area contributed by atoms with Crippen molar-refractivity contribution in [2.24, 2.45) is 0 Å². The summed E-state index contributed by atoms with van der Waals surface area (Å²) in [6.45, 7) is -5.01. The number of nitrogens with zero attached hydrogens (tertiary/aromatic N) is 1. The van der Waals surface area contributed by atoms with Gasteiger partial charge in [0.15, 0.2) is 0 Å². The van der Waals surface area contributed by atoms with Crippen LogP contribution < -0.4 is 0 Å². The molecular formula is C8H6BF5N-. The molecule has 0 aliphatic rings. The number of hydrogen-bond acceptors (Lipinski definition) is 1. The standard InChI is InChI=1S/C8H6BF5N/c10-8(11)7-2-1-6(5-15-7)3-4-9(12,13)14/h1-5,8H/q-1/b4-3+. The molecule has 0 radical (unpaired) electrons. The highest BCUT2D eigenvalue weighted by Gasteiger charge is 2.17. The van der Waals surface area contributed by atoms with Crippen LogP contribution in [0.5, 0.6) is 0 Å². The normalized spacial score (nSPS) is 12.7. The highest BCUT2D eigenvalue weighted by atomic mass is 19.4. The Morgan fingerprint density at radius 1 is 1.20 bits per heavy atom. The fourth-order valence-corrected chi connectivity index (χ4v) is 0.865. The monoisotopic (exact) mass is 222 g/mol. The summed E-state index contributed by atoms with van der Waals surface area (Å²) >= 11 is 0. The SMILES string of the molecule is FC(F)c1ccc(/C=C/[B-](F)(F)F)cn1. The lowest BCUT2D eigenvalue weighted by Crippen LogP contribution is -2.09. The Balaban J connectivity index is 2.77. The molecule has 15 heavy (non-hydrogen) atoms. The molecule has 0 spiro atoms. The largest absolute Gasteiger partial charge is 0.502 e. The van der Waals surface area contributed by atoms with Gasteiger partial charge in [0.05, 0.1) is 0 Å². The molecule has 7 heteroatoms. The van der Waals surface area contributed by atoms with Crippen molar-refractivity contribution in [3.63, 3.8) is 0 Å². The summed E-state index contributed by atoms with van der Waals surface area (Å²) in [6, 6.07) is 2.15. The van der Waals surface area contributed by atoms with Crippen LogP contribution in [-0.4, -0.2) is 12.0 Å². The Bertz CT molecular complexity index is 343. The first-order valence-electron chi connectivity index (χ1n) is 4.02. The van der Waals surface area contributed by atoms with Gasteiger partial charge >= 0.3 is 6.98 Å². The van der Waals surface area contributed by atoms with Crippen molar-refractivity contribution < 1.29 is 21.7 Å². The van der Waals surface area contributed by atoms with Crippen LogP contribution in [0.3, 0.4) is 0 Å². The second kappa shape index (κ2) is 4.42. The van der Waals surface area contributed by atoms with Crippen LogP contribution in [0, 0.1) is 0 Å².